The molecule has 1 saturated heterocycles. The molecule has 9 nitrogen and oxygen atoms in total. The summed E-state index contributed by atoms with van der Waals surface area (Å²) < 4.78 is 0. The molecule has 0 radical (unpaired) electrons. The molecule has 210 valence electrons. The molecule has 4 N–H and O–H groups in total. The number of pyridine rings is 1. The van der Waals surface area contributed by atoms with Gasteiger partial charge < -0.3 is 25.6 Å². The Labute approximate surface area is 238 Å². The van der Waals surface area contributed by atoms with Crippen LogP contribution in [0.2, 0.25) is 0 Å². The maximum Gasteiger partial charge on any atom is 0.271 e. The van der Waals surface area contributed by atoms with Crippen LogP contribution in [0.15, 0.2) is 85.2 Å². The lowest BCUT2D eigenvalue weighted by molar-refractivity contribution is -0.133. The fourth-order valence-electron chi connectivity index (χ4n) is 5.75. The SMILES string of the molecule is O=C(NCc1ccccc1)C(O)[C@H](Cc1cccnc1)NC(=O)C1CC2(CC2)CN1C(=O)c1cc2ccccc2[nH]1. The molecule has 2 aliphatic rings. The third-order valence-corrected chi connectivity index (χ3v) is 8.25. The lowest BCUT2D eigenvalue weighted by Crippen LogP contribution is -2.55. The van der Waals surface area contributed by atoms with Crippen molar-refractivity contribution in [3.63, 3.8) is 0 Å². The second kappa shape index (κ2) is 11.2. The maximum absolute atomic E-state index is 13.8. The Morgan fingerprint density at radius 2 is 1.78 bits per heavy atom. The summed E-state index contributed by atoms with van der Waals surface area (Å²) in [6.45, 7) is 0.759. The van der Waals surface area contributed by atoms with E-state index in [1.165, 1.54) is 0 Å². The van der Waals surface area contributed by atoms with Crippen molar-refractivity contribution in [3.8, 4) is 0 Å². The third kappa shape index (κ3) is 5.85. The number of fused-ring (bicyclic) bond motifs is 1. The van der Waals surface area contributed by atoms with E-state index in [1.807, 2.05) is 66.7 Å². The van der Waals surface area contributed by atoms with Crippen molar-refractivity contribution in [2.45, 2.75) is 50.4 Å². The summed E-state index contributed by atoms with van der Waals surface area (Å²) in [6, 6.07) is 20.9. The van der Waals surface area contributed by atoms with Gasteiger partial charge >= 0.3 is 0 Å². The first-order valence-electron chi connectivity index (χ1n) is 14.0. The number of aliphatic hydroxyl groups excluding tert-OH is 1. The van der Waals surface area contributed by atoms with Gasteiger partial charge in [-0.2, -0.15) is 0 Å². The normalized spacial score (nSPS) is 18.7. The maximum atomic E-state index is 13.8. The zero-order chi connectivity index (χ0) is 28.4. The molecule has 2 aromatic carbocycles. The van der Waals surface area contributed by atoms with Crippen LogP contribution in [-0.2, 0) is 22.6 Å². The molecule has 1 spiro atoms. The second-order valence-corrected chi connectivity index (χ2v) is 11.3. The number of rotatable bonds is 9. The number of carbonyl (C=O) groups is 3. The number of para-hydroxylation sites is 1. The molecular weight excluding hydrogens is 518 g/mol. The first kappa shape index (κ1) is 26.7. The number of nitrogens with zero attached hydrogens (tertiary/aromatic N) is 2. The molecule has 3 atom stereocenters. The zero-order valence-electron chi connectivity index (χ0n) is 22.6. The predicted octanol–water partition coefficient (Wildman–Crippen LogP) is 2.96. The van der Waals surface area contributed by atoms with Crippen LogP contribution in [0.1, 0.15) is 40.9 Å². The molecule has 2 aromatic heterocycles. The molecule has 3 amide bonds. The fourth-order valence-corrected chi connectivity index (χ4v) is 5.75. The van der Waals surface area contributed by atoms with Gasteiger partial charge in [0, 0.05) is 36.4 Å². The highest BCUT2D eigenvalue weighted by molar-refractivity contribution is 6.00. The number of likely N-dealkylation sites (tertiary alicyclic amines) is 1. The monoisotopic (exact) mass is 551 g/mol. The topological polar surface area (TPSA) is 127 Å². The van der Waals surface area contributed by atoms with Gasteiger partial charge in [-0.15, -0.1) is 0 Å². The highest BCUT2D eigenvalue weighted by Gasteiger charge is 2.55. The van der Waals surface area contributed by atoms with Crippen LogP contribution < -0.4 is 10.6 Å². The number of nitrogens with one attached hydrogen (secondary N) is 3. The van der Waals surface area contributed by atoms with Gasteiger partial charge in [0.2, 0.25) is 5.91 Å². The Balaban J connectivity index is 1.20. The van der Waals surface area contributed by atoms with Gasteiger partial charge in [0.15, 0.2) is 6.10 Å². The highest BCUT2D eigenvalue weighted by atomic mass is 16.3. The smallest absolute Gasteiger partial charge is 0.271 e. The first-order chi connectivity index (χ1) is 19.9. The Bertz CT molecular complexity index is 1520. The summed E-state index contributed by atoms with van der Waals surface area (Å²) in [7, 11) is 0. The van der Waals surface area contributed by atoms with Crippen molar-refractivity contribution in [2.24, 2.45) is 5.41 Å². The van der Waals surface area contributed by atoms with Gasteiger partial charge in [-0.05, 0) is 60.4 Å². The molecule has 3 heterocycles. The molecule has 2 unspecified atom stereocenters. The van der Waals surface area contributed by atoms with E-state index in [-0.39, 0.29) is 30.2 Å². The number of aromatic amines is 1. The zero-order valence-corrected chi connectivity index (χ0v) is 22.6. The van der Waals surface area contributed by atoms with Crippen LogP contribution in [0, 0.1) is 5.41 Å². The fraction of sp³-hybridized carbons (Fsp3) is 0.312. The standard InChI is InChI=1S/C32H33N5O4/c38-28(30(40)34-19-21-7-2-1-3-8-21)25(15-22-9-6-14-33-18-22)36-29(39)27-17-32(12-13-32)20-37(27)31(41)26-16-23-10-4-5-11-24(23)35-26/h1-11,14,16,18,25,27-28,35,38H,12-13,15,17,19-20H2,(H,34,40)(H,36,39)/t25-,27?,28?/m0/s1. The van der Waals surface area contributed by atoms with E-state index in [2.05, 4.69) is 20.6 Å². The second-order valence-electron chi connectivity index (χ2n) is 11.3. The van der Waals surface area contributed by atoms with E-state index in [0.29, 0.717) is 18.7 Å². The number of hydrogen-bond donors (Lipinski definition) is 4. The number of benzene rings is 2. The van der Waals surface area contributed by atoms with Crippen molar-refractivity contribution in [3.05, 3.63) is 102 Å². The van der Waals surface area contributed by atoms with Crippen LogP contribution in [-0.4, -0.2) is 62.4 Å². The highest BCUT2D eigenvalue weighted by Crippen LogP contribution is 2.55. The minimum atomic E-state index is -1.50. The van der Waals surface area contributed by atoms with Crippen LogP contribution in [0.25, 0.3) is 10.9 Å². The average Bonchev–Trinajstić information content (AvgIpc) is 3.44. The van der Waals surface area contributed by atoms with E-state index < -0.39 is 24.1 Å². The molecule has 6 rings (SSSR count). The van der Waals surface area contributed by atoms with Gasteiger partial charge in [-0.3, -0.25) is 19.4 Å². The van der Waals surface area contributed by atoms with E-state index in [0.717, 1.165) is 34.9 Å². The van der Waals surface area contributed by atoms with Gasteiger partial charge in [-0.1, -0.05) is 54.6 Å². The van der Waals surface area contributed by atoms with Crippen molar-refractivity contribution in [1.29, 1.82) is 0 Å². The minimum absolute atomic E-state index is 0.0474. The van der Waals surface area contributed by atoms with E-state index >= 15 is 0 Å². The molecule has 4 aromatic rings. The summed E-state index contributed by atoms with van der Waals surface area (Å²) in [6.07, 6.45) is 4.48. The van der Waals surface area contributed by atoms with E-state index in [9.17, 15) is 19.5 Å². The van der Waals surface area contributed by atoms with Crippen molar-refractivity contribution < 1.29 is 19.5 Å². The van der Waals surface area contributed by atoms with Crippen molar-refractivity contribution in [2.75, 3.05) is 6.54 Å². The largest absolute Gasteiger partial charge is 0.381 e. The lowest BCUT2D eigenvalue weighted by Gasteiger charge is -2.28. The van der Waals surface area contributed by atoms with Crippen molar-refractivity contribution in [1.82, 2.24) is 25.5 Å². The summed E-state index contributed by atoms with van der Waals surface area (Å²) in [5.41, 5.74) is 2.91. The summed E-state index contributed by atoms with van der Waals surface area (Å²) in [5.74, 6) is -1.18. The van der Waals surface area contributed by atoms with Crippen molar-refractivity contribution >= 4 is 28.6 Å². The van der Waals surface area contributed by atoms with Crippen LogP contribution in [0.5, 0.6) is 0 Å². The number of hydrogen-bond acceptors (Lipinski definition) is 5. The van der Waals surface area contributed by atoms with Crippen LogP contribution >= 0.6 is 0 Å². The van der Waals surface area contributed by atoms with E-state index in [1.54, 1.807) is 23.4 Å². The van der Waals surface area contributed by atoms with Crippen LogP contribution in [0.4, 0.5) is 0 Å². The summed E-state index contributed by atoms with van der Waals surface area (Å²) in [4.78, 5) is 49.5. The summed E-state index contributed by atoms with van der Waals surface area (Å²) in [5, 5.41) is 17.8. The number of amides is 3. The Kier molecular flexibility index (Phi) is 7.28. The van der Waals surface area contributed by atoms with Gasteiger partial charge in [0.25, 0.3) is 11.8 Å². The third-order valence-electron chi connectivity index (χ3n) is 8.25. The molecule has 1 saturated carbocycles. The molecule has 9 heteroatoms. The number of aliphatic hydroxyl groups is 1. The Hall–Kier alpha value is -4.50. The number of carbonyl (C=O) groups excluding carboxylic acids is 3. The molecule has 41 heavy (non-hydrogen) atoms. The van der Waals surface area contributed by atoms with Crippen LogP contribution in [0.3, 0.4) is 0 Å². The molecule has 0 bridgehead atoms. The van der Waals surface area contributed by atoms with E-state index in [4.69, 9.17) is 0 Å². The number of aromatic nitrogens is 2. The Morgan fingerprint density at radius 3 is 2.51 bits per heavy atom. The molecule has 1 aliphatic heterocycles. The van der Waals surface area contributed by atoms with Gasteiger partial charge in [0.1, 0.15) is 11.7 Å². The quantitative estimate of drug-likeness (QED) is 0.254. The first-order valence-corrected chi connectivity index (χ1v) is 14.0. The minimum Gasteiger partial charge on any atom is -0.381 e. The van der Waals surface area contributed by atoms with Gasteiger partial charge in [0.05, 0.1) is 6.04 Å². The molecule has 2 fully saturated rings. The molecular formula is C32H33N5O4. The predicted molar refractivity (Wildman–Crippen MR) is 154 cm³/mol. The lowest BCUT2D eigenvalue weighted by atomic mass is 9.99. The Morgan fingerprint density at radius 1 is 1.02 bits per heavy atom. The summed E-state index contributed by atoms with van der Waals surface area (Å²) >= 11 is 0. The molecule has 1 aliphatic carbocycles. The van der Waals surface area contributed by atoms with Gasteiger partial charge in [-0.25, -0.2) is 0 Å². The number of H-pyrrole nitrogens is 1. The average molecular weight is 552 g/mol.